The first kappa shape index (κ1) is 11.3. The minimum Gasteiger partial charge on any atom is -0.465 e. The van der Waals surface area contributed by atoms with Gasteiger partial charge in [-0.1, -0.05) is 6.07 Å². The lowest BCUT2D eigenvalue weighted by atomic mass is 10.1. The van der Waals surface area contributed by atoms with Crippen LogP contribution in [0.2, 0.25) is 0 Å². The van der Waals surface area contributed by atoms with Crippen LogP contribution in [0.4, 0.5) is 4.39 Å². The van der Waals surface area contributed by atoms with Gasteiger partial charge in [-0.05, 0) is 23.8 Å². The maximum absolute atomic E-state index is 13.1. The van der Waals surface area contributed by atoms with Crippen molar-refractivity contribution in [3.8, 4) is 0 Å². The predicted molar refractivity (Wildman–Crippen MR) is 59.1 cm³/mol. The Kier molecular flexibility index (Phi) is 3.18. The minimum atomic E-state index is -0.549. The Labute approximate surface area is 97.6 Å². The van der Waals surface area contributed by atoms with E-state index in [2.05, 4.69) is 9.84 Å². The molecule has 0 unspecified atom stereocenters. The van der Waals surface area contributed by atoms with Gasteiger partial charge in [-0.15, -0.1) is 0 Å². The molecule has 0 fully saturated rings. The molecule has 5 heteroatoms. The van der Waals surface area contributed by atoms with Gasteiger partial charge in [0.25, 0.3) is 0 Å². The first-order valence-corrected chi connectivity index (χ1v) is 5.05. The Hall–Kier alpha value is -2.17. The van der Waals surface area contributed by atoms with Crippen LogP contribution in [0.3, 0.4) is 0 Å². The minimum absolute atomic E-state index is 0.225. The second-order valence-electron chi connectivity index (χ2n) is 3.50. The van der Waals surface area contributed by atoms with Gasteiger partial charge in [0, 0.05) is 12.4 Å². The van der Waals surface area contributed by atoms with E-state index in [-0.39, 0.29) is 5.56 Å². The molecule has 0 saturated carbocycles. The van der Waals surface area contributed by atoms with Crippen molar-refractivity contribution in [1.82, 2.24) is 9.78 Å². The van der Waals surface area contributed by atoms with E-state index in [1.807, 2.05) is 0 Å². The molecule has 0 radical (unpaired) electrons. The van der Waals surface area contributed by atoms with Crippen LogP contribution >= 0.6 is 0 Å². The quantitative estimate of drug-likeness (QED) is 0.761. The standard InChI is InChI=1S/C12H11FN2O2/c1-17-12(16)11-7-10(13)4-3-9(11)8-15-6-2-5-14-15/h2-7H,8H2,1H3. The predicted octanol–water partition coefficient (Wildman–Crippen LogP) is 1.86. The molecular weight excluding hydrogens is 223 g/mol. The van der Waals surface area contributed by atoms with Gasteiger partial charge in [0.05, 0.1) is 19.2 Å². The Balaban J connectivity index is 2.35. The third-order valence-corrected chi connectivity index (χ3v) is 2.37. The lowest BCUT2D eigenvalue weighted by Crippen LogP contribution is -2.10. The molecule has 0 N–H and O–H groups in total. The summed E-state index contributed by atoms with van der Waals surface area (Å²) in [6.07, 6.45) is 3.41. The Morgan fingerprint density at radius 1 is 1.53 bits per heavy atom. The maximum atomic E-state index is 13.1. The van der Waals surface area contributed by atoms with Crippen LogP contribution in [0, 0.1) is 5.82 Å². The number of halogens is 1. The lowest BCUT2D eigenvalue weighted by Gasteiger charge is -2.08. The van der Waals surface area contributed by atoms with E-state index in [0.717, 1.165) is 0 Å². The molecule has 0 aliphatic heterocycles. The Morgan fingerprint density at radius 3 is 3.00 bits per heavy atom. The van der Waals surface area contributed by atoms with Gasteiger partial charge in [0.2, 0.25) is 0 Å². The molecule has 0 bridgehead atoms. The molecule has 4 nitrogen and oxygen atoms in total. The van der Waals surface area contributed by atoms with Crippen LogP contribution in [-0.4, -0.2) is 22.9 Å². The number of rotatable bonds is 3. The molecule has 17 heavy (non-hydrogen) atoms. The molecule has 0 aliphatic rings. The number of esters is 1. The number of carbonyl (C=O) groups excluding carboxylic acids is 1. The van der Waals surface area contributed by atoms with Crippen LogP contribution in [0.1, 0.15) is 15.9 Å². The molecule has 1 aromatic heterocycles. The second kappa shape index (κ2) is 4.78. The van der Waals surface area contributed by atoms with Crippen molar-refractivity contribution in [1.29, 1.82) is 0 Å². The fourth-order valence-electron chi connectivity index (χ4n) is 1.56. The highest BCUT2D eigenvalue weighted by molar-refractivity contribution is 5.91. The van der Waals surface area contributed by atoms with E-state index in [4.69, 9.17) is 0 Å². The third-order valence-electron chi connectivity index (χ3n) is 2.37. The van der Waals surface area contributed by atoms with Gasteiger partial charge in [-0.3, -0.25) is 4.68 Å². The molecule has 0 amide bonds. The Morgan fingerprint density at radius 2 is 2.35 bits per heavy atom. The van der Waals surface area contributed by atoms with Gasteiger partial charge < -0.3 is 4.74 Å². The van der Waals surface area contributed by atoms with E-state index in [0.29, 0.717) is 12.1 Å². The number of hydrogen-bond acceptors (Lipinski definition) is 3. The average Bonchev–Trinajstić information content (AvgIpc) is 2.83. The highest BCUT2D eigenvalue weighted by Crippen LogP contribution is 2.14. The number of aromatic nitrogens is 2. The summed E-state index contributed by atoms with van der Waals surface area (Å²) in [6.45, 7) is 0.401. The molecule has 88 valence electrons. The molecular formula is C12H11FN2O2. The van der Waals surface area contributed by atoms with E-state index in [1.54, 1.807) is 29.2 Å². The normalized spacial score (nSPS) is 10.2. The summed E-state index contributed by atoms with van der Waals surface area (Å²) in [5, 5.41) is 4.03. The SMILES string of the molecule is COC(=O)c1cc(F)ccc1Cn1cccn1. The summed E-state index contributed by atoms with van der Waals surface area (Å²) in [7, 11) is 1.27. The van der Waals surface area contributed by atoms with Crippen LogP contribution < -0.4 is 0 Å². The first-order valence-electron chi connectivity index (χ1n) is 5.05. The largest absolute Gasteiger partial charge is 0.465 e. The topological polar surface area (TPSA) is 44.1 Å². The molecule has 1 heterocycles. The zero-order valence-electron chi connectivity index (χ0n) is 9.26. The fraction of sp³-hybridized carbons (Fsp3) is 0.167. The van der Waals surface area contributed by atoms with Crippen LogP contribution in [-0.2, 0) is 11.3 Å². The zero-order valence-corrected chi connectivity index (χ0v) is 9.26. The summed E-state index contributed by atoms with van der Waals surface area (Å²) in [4.78, 5) is 11.5. The molecule has 0 aliphatic carbocycles. The van der Waals surface area contributed by atoms with Gasteiger partial charge in [-0.25, -0.2) is 9.18 Å². The number of hydrogen-bond donors (Lipinski definition) is 0. The zero-order chi connectivity index (χ0) is 12.3. The van der Waals surface area contributed by atoms with Crippen molar-refractivity contribution in [2.24, 2.45) is 0 Å². The van der Waals surface area contributed by atoms with Gasteiger partial charge in [0.1, 0.15) is 5.82 Å². The van der Waals surface area contributed by atoms with Crippen molar-refractivity contribution in [3.05, 3.63) is 53.6 Å². The number of carbonyl (C=O) groups is 1. The lowest BCUT2D eigenvalue weighted by molar-refractivity contribution is 0.0598. The molecule has 2 rings (SSSR count). The summed E-state index contributed by atoms with van der Waals surface area (Å²) in [5.74, 6) is -1.01. The van der Waals surface area contributed by atoms with Gasteiger partial charge >= 0.3 is 5.97 Å². The number of ether oxygens (including phenoxy) is 1. The summed E-state index contributed by atoms with van der Waals surface area (Å²) >= 11 is 0. The van der Waals surface area contributed by atoms with E-state index < -0.39 is 11.8 Å². The molecule has 0 saturated heterocycles. The van der Waals surface area contributed by atoms with Crippen molar-refractivity contribution in [3.63, 3.8) is 0 Å². The van der Waals surface area contributed by atoms with Gasteiger partial charge in [0.15, 0.2) is 0 Å². The highest BCUT2D eigenvalue weighted by atomic mass is 19.1. The van der Waals surface area contributed by atoms with Crippen LogP contribution in [0.15, 0.2) is 36.7 Å². The number of nitrogens with zero attached hydrogens (tertiary/aromatic N) is 2. The first-order chi connectivity index (χ1) is 8.20. The summed E-state index contributed by atoms with van der Waals surface area (Å²) < 4.78 is 19.4. The second-order valence-corrected chi connectivity index (χ2v) is 3.50. The van der Waals surface area contributed by atoms with E-state index in [1.165, 1.54) is 19.2 Å². The van der Waals surface area contributed by atoms with Crippen molar-refractivity contribution in [2.45, 2.75) is 6.54 Å². The van der Waals surface area contributed by atoms with Crippen molar-refractivity contribution in [2.75, 3.05) is 7.11 Å². The van der Waals surface area contributed by atoms with E-state index >= 15 is 0 Å². The van der Waals surface area contributed by atoms with Gasteiger partial charge in [-0.2, -0.15) is 5.10 Å². The third kappa shape index (κ3) is 2.50. The average molecular weight is 234 g/mol. The molecule has 2 aromatic rings. The molecule has 0 spiro atoms. The number of methoxy groups -OCH3 is 1. The smallest absolute Gasteiger partial charge is 0.338 e. The number of benzene rings is 1. The summed E-state index contributed by atoms with van der Waals surface area (Å²) in [6, 6.07) is 5.82. The maximum Gasteiger partial charge on any atom is 0.338 e. The molecule has 0 atom stereocenters. The highest BCUT2D eigenvalue weighted by Gasteiger charge is 2.13. The monoisotopic (exact) mass is 234 g/mol. The fourth-order valence-corrected chi connectivity index (χ4v) is 1.56. The molecule has 1 aromatic carbocycles. The van der Waals surface area contributed by atoms with Crippen LogP contribution in [0.25, 0.3) is 0 Å². The van der Waals surface area contributed by atoms with Crippen molar-refractivity contribution >= 4 is 5.97 Å². The summed E-state index contributed by atoms with van der Waals surface area (Å²) in [5.41, 5.74) is 0.893. The van der Waals surface area contributed by atoms with E-state index in [9.17, 15) is 9.18 Å². The Bertz CT molecular complexity index is 523. The van der Waals surface area contributed by atoms with Crippen molar-refractivity contribution < 1.29 is 13.9 Å². The van der Waals surface area contributed by atoms with Crippen LogP contribution in [0.5, 0.6) is 0 Å².